The zero-order valence-electron chi connectivity index (χ0n) is 15.8. The van der Waals surface area contributed by atoms with Gasteiger partial charge in [0.25, 0.3) is 10.0 Å². The van der Waals surface area contributed by atoms with E-state index in [0.717, 1.165) is 0 Å². The minimum Gasteiger partial charge on any atom is -0.325 e. The molecular weight excluding hydrogens is 398 g/mol. The second kappa shape index (κ2) is 8.52. The van der Waals surface area contributed by atoms with Crippen molar-refractivity contribution in [3.05, 3.63) is 47.3 Å². The van der Waals surface area contributed by atoms with Crippen molar-refractivity contribution in [1.29, 1.82) is 0 Å². The van der Waals surface area contributed by atoms with Crippen LogP contribution >= 0.6 is 11.3 Å². The van der Waals surface area contributed by atoms with Crippen molar-refractivity contribution in [3.8, 4) is 0 Å². The first-order valence-corrected chi connectivity index (χ1v) is 11.3. The van der Waals surface area contributed by atoms with Gasteiger partial charge in [0.2, 0.25) is 5.91 Å². The molecule has 0 radical (unpaired) electrons. The normalized spacial score (nSPS) is 17.2. The molecule has 1 N–H and O–H groups in total. The summed E-state index contributed by atoms with van der Waals surface area (Å²) in [4.78, 5) is 26.0. The van der Waals surface area contributed by atoms with Crippen molar-refractivity contribution in [3.63, 3.8) is 0 Å². The van der Waals surface area contributed by atoms with Crippen molar-refractivity contribution in [2.45, 2.75) is 24.1 Å². The SMILES string of the molecule is CC(=O)c1cccc(NC(=O)[C@@H](C)N2CCN(S(=O)(=O)c3cccs3)CC2)c1. The lowest BCUT2D eigenvalue weighted by Crippen LogP contribution is -2.53. The molecule has 1 fully saturated rings. The Morgan fingerprint density at radius 2 is 1.82 bits per heavy atom. The van der Waals surface area contributed by atoms with Gasteiger partial charge in [-0.25, -0.2) is 8.42 Å². The summed E-state index contributed by atoms with van der Waals surface area (Å²) >= 11 is 1.21. The van der Waals surface area contributed by atoms with Crippen LogP contribution in [-0.4, -0.2) is 61.5 Å². The lowest BCUT2D eigenvalue weighted by atomic mass is 10.1. The Morgan fingerprint density at radius 1 is 1.11 bits per heavy atom. The van der Waals surface area contributed by atoms with E-state index in [2.05, 4.69) is 5.32 Å². The minimum absolute atomic E-state index is 0.0628. The van der Waals surface area contributed by atoms with Crippen LogP contribution in [0.2, 0.25) is 0 Å². The summed E-state index contributed by atoms with van der Waals surface area (Å²) in [6.45, 7) is 4.93. The number of hydrogen-bond acceptors (Lipinski definition) is 6. The van der Waals surface area contributed by atoms with Gasteiger partial charge in [-0.15, -0.1) is 11.3 Å². The highest BCUT2D eigenvalue weighted by Gasteiger charge is 2.32. The maximum atomic E-state index is 12.6. The number of hydrogen-bond donors (Lipinski definition) is 1. The van der Waals surface area contributed by atoms with Crippen molar-refractivity contribution in [2.24, 2.45) is 0 Å². The number of carbonyl (C=O) groups excluding carboxylic acids is 2. The van der Waals surface area contributed by atoms with Gasteiger partial charge in [0.1, 0.15) is 4.21 Å². The molecule has 0 bridgehead atoms. The number of benzene rings is 1. The smallest absolute Gasteiger partial charge is 0.252 e. The third-order valence-corrected chi connectivity index (χ3v) is 8.10. The lowest BCUT2D eigenvalue weighted by Gasteiger charge is -2.36. The number of ketones is 1. The standard InChI is InChI=1S/C19H23N3O4S2/c1-14(19(24)20-17-6-3-5-16(13-17)15(2)23)21-8-10-22(11-9-21)28(25,26)18-7-4-12-27-18/h3-7,12-14H,8-11H2,1-2H3,(H,20,24)/t14-/m1/s1. The fourth-order valence-electron chi connectivity index (χ4n) is 3.10. The van der Waals surface area contributed by atoms with Crippen LogP contribution in [0.4, 0.5) is 5.69 Å². The first kappa shape index (κ1) is 20.7. The van der Waals surface area contributed by atoms with Crippen LogP contribution in [0.3, 0.4) is 0 Å². The van der Waals surface area contributed by atoms with E-state index in [1.165, 1.54) is 22.6 Å². The Morgan fingerprint density at radius 3 is 2.43 bits per heavy atom. The molecule has 1 atom stereocenters. The van der Waals surface area contributed by atoms with Crippen LogP contribution in [-0.2, 0) is 14.8 Å². The Hall–Kier alpha value is -2.07. The molecule has 2 aromatic rings. The summed E-state index contributed by atoms with van der Waals surface area (Å²) in [5, 5.41) is 4.58. The van der Waals surface area contributed by atoms with Gasteiger partial charge in [0, 0.05) is 37.4 Å². The molecule has 1 aromatic heterocycles. The monoisotopic (exact) mass is 421 g/mol. The fraction of sp³-hybridized carbons (Fsp3) is 0.368. The van der Waals surface area contributed by atoms with Crippen molar-refractivity contribution < 1.29 is 18.0 Å². The summed E-state index contributed by atoms with van der Waals surface area (Å²) in [6.07, 6.45) is 0. The molecule has 0 aliphatic carbocycles. The molecule has 0 spiro atoms. The number of amides is 1. The lowest BCUT2D eigenvalue weighted by molar-refractivity contribution is -0.121. The highest BCUT2D eigenvalue weighted by Crippen LogP contribution is 2.22. The molecule has 1 aliphatic heterocycles. The van der Waals surface area contributed by atoms with E-state index in [4.69, 9.17) is 0 Å². The molecule has 150 valence electrons. The Kier molecular flexibility index (Phi) is 6.29. The zero-order chi connectivity index (χ0) is 20.3. The third-order valence-electron chi connectivity index (χ3n) is 4.83. The summed E-state index contributed by atoms with van der Waals surface area (Å²) in [6, 6.07) is 9.74. The predicted molar refractivity (Wildman–Crippen MR) is 109 cm³/mol. The average molecular weight is 422 g/mol. The van der Waals surface area contributed by atoms with Crippen molar-refractivity contribution >= 4 is 38.7 Å². The van der Waals surface area contributed by atoms with Gasteiger partial charge in [-0.1, -0.05) is 18.2 Å². The molecule has 0 unspecified atom stereocenters. The maximum Gasteiger partial charge on any atom is 0.252 e. The second-order valence-corrected chi connectivity index (χ2v) is 9.79. The molecule has 3 rings (SSSR count). The highest BCUT2D eigenvalue weighted by molar-refractivity contribution is 7.91. The van der Waals surface area contributed by atoms with Crippen molar-refractivity contribution in [2.75, 3.05) is 31.5 Å². The van der Waals surface area contributed by atoms with E-state index in [1.807, 2.05) is 4.90 Å². The summed E-state index contributed by atoms with van der Waals surface area (Å²) in [7, 11) is -3.46. The highest BCUT2D eigenvalue weighted by atomic mass is 32.2. The van der Waals surface area contributed by atoms with Gasteiger partial charge in [-0.05, 0) is 37.4 Å². The number of anilines is 1. The topological polar surface area (TPSA) is 86.8 Å². The molecule has 1 aromatic carbocycles. The number of piperazine rings is 1. The van der Waals surface area contributed by atoms with Crippen molar-refractivity contribution in [1.82, 2.24) is 9.21 Å². The van der Waals surface area contributed by atoms with Gasteiger partial charge < -0.3 is 5.32 Å². The molecule has 1 saturated heterocycles. The zero-order valence-corrected chi connectivity index (χ0v) is 17.4. The number of nitrogens with zero attached hydrogens (tertiary/aromatic N) is 2. The van der Waals surface area contributed by atoms with E-state index < -0.39 is 16.1 Å². The number of sulfonamides is 1. The van der Waals surface area contributed by atoms with Crippen LogP contribution in [0.1, 0.15) is 24.2 Å². The summed E-state index contributed by atoms with van der Waals surface area (Å²) < 4.78 is 27.0. The van der Waals surface area contributed by atoms with E-state index in [-0.39, 0.29) is 11.7 Å². The predicted octanol–water partition coefficient (Wildman–Crippen LogP) is 2.28. The average Bonchev–Trinajstić information content (AvgIpc) is 3.23. The Labute approximate surface area is 169 Å². The number of nitrogens with one attached hydrogen (secondary N) is 1. The number of rotatable bonds is 6. The Bertz CT molecular complexity index is 949. The summed E-state index contributed by atoms with van der Waals surface area (Å²) in [5.74, 6) is -0.248. The molecule has 0 saturated carbocycles. The van der Waals surface area contributed by atoms with Crippen LogP contribution in [0.5, 0.6) is 0 Å². The quantitative estimate of drug-likeness (QED) is 0.723. The van der Waals surface area contributed by atoms with E-state index >= 15 is 0 Å². The molecule has 28 heavy (non-hydrogen) atoms. The maximum absolute atomic E-state index is 12.6. The number of carbonyl (C=O) groups is 2. The molecule has 1 aliphatic rings. The molecule has 1 amide bonds. The van der Waals surface area contributed by atoms with Crippen LogP contribution < -0.4 is 5.32 Å². The van der Waals surface area contributed by atoms with E-state index in [0.29, 0.717) is 41.6 Å². The fourth-order valence-corrected chi connectivity index (χ4v) is 5.66. The molecule has 2 heterocycles. The van der Waals surface area contributed by atoms with E-state index in [1.54, 1.807) is 48.7 Å². The van der Waals surface area contributed by atoms with Gasteiger partial charge in [-0.3, -0.25) is 14.5 Å². The van der Waals surface area contributed by atoms with Gasteiger partial charge in [0.05, 0.1) is 6.04 Å². The minimum atomic E-state index is -3.46. The molecule has 7 nitrogen and oxygen atoms in total. The Balaban J connectivity index is 1.59. The largest absolute Gasteiger partial charge is 0.325 e. The van der Waals surface area contributed by atoms with Gasteiger partial charge >= 0.3 is 0 Å². The number of thiophene rings is 1. The van der Waals surface area contributed by atoms with Crippen LogP contribution in [0.25, 0.3) is 0 Å². The first-order chi connectivity index (χ1) is 13.3. The van der Waals surface area contributed by atoms with Gasteiger partial charge in [-0.2, -0.15) is 4.31 Å². The summed E-state index contributed by atoms with van der Waals surface area (Å²) in [5.41, 5.74) is 1.11. The van der Waals surface area contributed by atoms with Crippen LogP contribution in [0.15, 0.2) is 46.0 Å². The van der Waals surface area contributed by atoms with Crippen LogP contribution in [0, 0.1) is 0 Å². The number of Topliss-reactive ketones (excluding diaryl/α,β-unsaturated/α-hetero) is 1. The molecule has 9 heteroatoms. The first-order valence-electron chi connectivity index (χ1n) is 8.98. The van der Waals surface area contributed by atoms with Gasteiger partial charge in [0.15, 0.2) is 5.78 Å². The third kappa shape index (κ3) is 4.49. The van der Waals surface area contributed by atoms with E-state index in [9.17, 15) is 18.0 Å². The second-order valence-electron chi connectivity index (χ2n) is 6.67. The molecular formula is C19H23N3O4S2.